The molecule has 35 heavy (non-hydrogen) atoms. The number of rotatable bonds is 6. The first kappa shape index (κ1) is 27.8. The number of benzene rings is 1. The molecule has 1 heterocycles. The Morgan fingerprint density at radius 2 is 1.54 bits per heavy atom. The Kier molecular flexibility index (Phi) is 7.87. The average Bonchev–Trinajstić information content (AvgIpc) is 3.25. The van der Waals surface area contributed by atoms with Crippen molar-refractivity contribution in [3.05, 3.63) is 34.9 Å². The number of hydrogen-bond donors (Lipinski definition) is 1. The second-order valence-electron chi connectivity index (χ2n) is 10.8. The van der Waals surface area contributed by atoms with E-state index in [0.717, 1.165) is 23.7 Å². The van der Waals surface area contributed by atoms with Crippen molar-refractivity contribution < 1.29 is 40.4 Å². The van der Waals surface area contributed by atoms with Crippen LogP contribution in [0, 0.1) is 11.3 Å². The molecule has 0 bridgehead atoms. The van der Waals surface area contributed by atoms with E-state index in [0.29, 0.717) is 44.2 Å². The highest BCUT2D eigenvalue weighted by Gasteiger charge is 2.53. The van der Waals surface area contributed by atoms with Crippen LogP contribution in [-0.2, 0) is 28.4 Å². The molecule has 1 aliphatic carbocycles. The van der Waals surface area contributed by atoms with E-state index in [1.165, 1.54) is 0 Å². The third-order valence-corrected chi connectivity index (χ3v) is 8.25. The molecule has 0 aromatic heterocycles. The fourth-order valence-corrected chi connectivity index (χ4v) is 5.74. The van der Waals surface area contributed by atoms with Gasteiger partial charge < -0.3 is 14.5 Å². The van der Waals surface area contributed by atoms with Crippen molar-refractivity contribution in [2.75, 3.05) is 27.3 Å². The van der Waals surface area contributed by atoms with E-state index in [9.17, 15) is 31.1 Å². The molecule has 1 N–H and O–H groups in total. The Hall–Kier alpha value is -1.81. The molecular weight excluding hydrogens is 474 g/mol. The van der Waals surface area contributed by atoms with Gasteiger partial charge >= 0.3 is 12.4 Å². The van der Waals surface area contributed by atoms with Gasteiger partial charge in [-0.3, -0.25) is 4.79 Å². The summed E-state index contributed by atoms with van der Waals surface area (Å²) in [5.74, 6) is -0.345. The molecule has 0 spiro atoms. The zero-order chi connectivity index (χ0) is 26.2. The fourth-order valence-electron chi connectivity index (χ4n) is 5.74. The van der Waals surface area contributed by atoms with Crippen molar-refractivity contribution in [2.24, 2.45) is 11.3 Å². The molecule has 10 heteroatoms. The van der Waals surface area contributed by atoms with Crippen LogP contribution < -0.4 is 5.32 Å². The number of amides is 1. The van der Waals surface area contributed by atoms with Gasteiger partial charge in [-0.25, -0.2) is 0 Å². The van der Waals surface area contributed by atoms with E-state index < -0.39 is 35.4 Å². The van der Waals surface area contributed by atoms with Crippen LogP contribution in [0.4, 0.5) is 26.3 Å². The molecule has 198 valence electrons. The number of ether oxygens (including phenoxy) is 1. The molecule has 1 saturated heterocycles. The predicted molar refractivity (Wildman–Crippen MR) is 119 cm³/mol. The molecule has 1 aromatic rings. The van der Waals surface area contributed by atoms with Crippen molar-refractivity contribution in [1.82, 2.24) is 5.32 Å². The third-order valence-electron chi connectivity index (χ3n) is 8.25. The number of hydrogen-bond acceptors (Lipinski definition) is 2. The van der Waals surface area contributed by atoms with Crippen molar-refractivity contribution in [1.29, 1.82) is 0 Å². The molecule has 0 unspecified atom stereocenters. The van der Waals surface area contributed by atoms with Gasteiger partial charge in [0.05, 0.1) is 55.9 Å². The Balaban J connectivity index is 1.78. The topological polar surface area (TPSA) is 38.3 Å². The number of alkyl halides is 6. The van der Waals surface area contributed by atoms with Crippen LogP contribution in [0.25, 0.3) is 0 Å². The lowest BCUT2D eigenvalue weighted by Gasteiger charge is -2.45. The van der Waals surface area contributed by atoms with Crippen LogP contribution >= 0.6 is 0 Å². The summed E-state index contributed by atoms with van der Waals surface area (Å²) in [4.78, 5) is 13.4. The van der Waals surface area contributed by atoms with Gasteiger partial charge in [0, 0.05) is 32.2 Å². The highest BCUT2D eigenvalue weighted by Crippen LogP contribution is 2.48. The molecule has 2 fully saturated rings. The molecule has 2 atom stereocenters. The molecular formula is C25H35F6N2O2+. The maximum absolute atomic E-state index is 13.4. The molecule has 2 aliphatic rings. The van der Waals surface area contributed by atoms with Gasteiger partial charge in [0.2, 0.25) is 5.91 Å². The lowest BCUT2D eigenvalue weighted by atomic mass is 9.74. The van der Waals surface area contributed by atoms with Crippen molar-refractivity contribution >= 4 is 5.91 Å². The summed E-state index contributed by atoms with van der Waals surface area (Å²) in [6, 6.07) is 2.08. The van der Waals surface area contributed by atoms with Gasteiger partial charge in [0.15, 0.2) is 0 Å². The average molecular weight is 510 g/mol. The summed E-state index contributed by atoms with van der Waals surface area (Å²) in [5.41, 5.74) is -3.72. The Morgan fingerprint density at radius 1 is 1.00 bits per heavy atom. The van der Waals surface area contributed by atoms with E-state index in [4.69, 9.17) is 4.74 Å². The van der Waals surface area contributed by atoms with E-state index in [-0.39, 0.29) is 29.5 Å². The number of nitrogens with one attached hydrogen (secondary N) is 1. The lowest BCUT2D eigenvalue weighted by molar-refractivity contribution is -0.940. The van der Waals surface area contributed by atoms with Gasteiger partial charge in [-0.15, -0.1) is 0 Å². The zero-order valence-corrected chi connectivity index (χ0v) is 20.7. The monoisotopic (exact) mass is 509 g/mol. The van der Waals surface area contributed by atoms with Gasteiger partial charge in [-0.05, 0) is 36.1 Å². The van der Waals surface area contributed by atoms with E-state index in [2.05, 4.69) is 19.4 Å². The molecule has 4 nitrogen and oxygen atoms in total. The Bertz CT molecular complexity index is 874. The van der Waals surface area contributed by atoms with Crippen LogP contribution in [0.2, 0.25) is 0 Å². The summed E-state index contributed by atoms with van der Waals surface area (Å²) in [7, 11) is 4.35. The minimum Gasteiger partial charge on any atom is -0.381 e. The molecule has 1 saturated carbocycles. The van der Waals surface area contributed by atoms with Gasteiger partial charge in [0.1, 0.15) is 0 Å². The quantitative estimate of drug-likeness (QED) is 0.390. The van der Waals surface area contributed by atoms with Crippen LogP contribution in [-0.4, -0.2) is 49.8 Å². The minimum atomic E-state index is -4.93. The number of halogens is 6. The fraction of sp³-hybridized carbons (Fsp3) is 0.720. The SMILES string of the molecule is CC(C)[C@]1(C(=O)NCc2cc(C(F)(F)F)cc(C(F)(F)F)c2)CC[C@@H]([N+](C)(C)C2CCOCC2)C1. The predicted octanol–water partition coefficient (Wildman–Crippen LogP) is 5.79. The van der Waals surface area contributed by atoms with Crippen LogP contribution in [0.3, 0.4) is 0 Å². The van der Waals surface area contributed by atoms with Crippen molar-refractivity contribution in [3.8, 4) is 0 Å². The first-order valence-corrected chi connectivity index (χ1v) is 12.0. The van der Waals surface area contributed by atoms with Gasteiger partial charge in [0.25, 0.3) is 0 Å². The smallest absolute Gasteiger partial charge is 0.381 e. The first-order valence-electron chi connectivity index (χ1n) is 12.0. The summed E-state index contributed by atoms with van der Waals surface area (Å²) in [6.45, 7) is 4.92. The summed E-state index contributed by atoms with van der Waals surface area (Å²) >= 11 is 0. The second kappa shape index (κ2) is 9.92. The van der Waals surface area contributed by atoms with E-state index >= 15 is 0 Å². The van der Waals surface area contributed by atoms with Crippen LogP contribution in [0.15, 0.2) is 18.2 Å². The zero-order valence-electron chi connectivity index (χ0n) is 20.7. The second-order valence-corrected chi connectivity index (χ2v) is 10.8. The summed E-state index contributed by atoms with van der Waals surface area (Å²) in [5, 5.41) is 2.67. The molecule has 0 radical (unpaired) electrons. The van der Waals surface area contributed by atoms with Gasteiger partial charge in [-0.2, -0.15) is 26.3 Å². The van der Waals surface area contributed by atoms with Crippen molar-refractivity contribution in [2.45, 2.75) is 76.9 Å². The van der Waals surface area contributed by atoms with E-state index in [1.807, 2.05) is 13.8 Å². The first-order chi connectivity index (χ1) is 16.1. The number of nitrogens with zero attached hydrogens (tertiary/aromatic N) is 1. The van der Waals surface area contributed by atoms with Crippen LogP contribution in [0.1, 0.15) is 62.6 Å². The highest BCUT2D eigenvalue weighted by molar-refractivity contribution is 5.83. The van der Waals surface area contributed by atoms with Crippen molar-refractivity contribution in [3.63, 3.8) is 0 Å². The van der Waals surface area contributed by atoms with Gasteiger partial charge in [-0.1, -0.05) is 13.8 Å². The maximum atomic E-state index is 13.4. The number of carbonyl (C=O) groups excluding carboxylic acids is 1. The molecule has 1 aliphatic heterocycles. The molecule has 1 amide bonds. The lowest BCUT2D eigenvalue weighted by Crippen LogP contribution is -2.57. The molecule has 1 aromatic carbocycles. The Labute approximate surface area is 202 Å². The summed E-state index contributed by atoms with van der Waals surface area (Å²) in [6.07, 6.45) is -5.88. The Morgan fingerprint density at radius 3 is 2.03 bits per heavy atom. The largest absolute Gasteiger partial charge is 0.416 e. The molecule has 3 rings (SSSR count). The maximum Gasteiger partial charge on any atom is 0.416 e. The number of quaternary nitrogens is 1. The number of carbonyl (C=O) groups is 1. The minimum absolute atomic E-state index is 0.0329. The normalized spacial score (nSPS) is 24.7. The standard InChI is InChI=1S/C25H34F6N2O2/c1-16(2)23(8-5-21(14-23)33(3,4)20-6-9-35-10-7-20)22(34)32-15-17-11-18(24(26,27)28)13-19(12-17)25(29,30)31/h11-13,16,20-21H,5-10,14-15H2,1-4H3/p+1/t21-,23+/m1/s1. The van der Waals surface area contributed by atoms with Crippen LogP contribution in [0.5, 0.6) is 0 Å². The summed E-state index contributed by atoms with van der Waals surface area (Å²) < 4.78 is 85.4. The highest BCUT2D eigenvalue weighted by atomic mass is 19.4. The third kappa shape index (κ3) is 5.96. The van der Waals surface area contributed by atoms with E-state index in [1.54, 1.807) is 0 Å².